The number of carboxylic acid groups (broad SMARTS) is 1. The number of ether oxygens (including phenoxy) is 1. The van der Waals surface area contributed by atoms with Crippen molar-refractivity contribution in [1.82, 2.24) is 9.97 Å². The molecule has 3 aliphatic rings. The zero-order chi connectivity index (χ0) is 19.5. The lowest BCUT2D eigenvalue weighted by Gasteiger charge is -2.43. The van der Waals surface area contributed by atoms with Gasteiger partial charge in [0.25, 0.3) is 6.43 Å². The van der Waals surface area contributed by atoms with Gasteiger partial charge in [0.15, 0.2) is 17.3 Å². The van der Waals surface area contributed by atoms with E-state index >= 15 is 0 Å². The highest BCUT2D eigenvalue weighted by Gasteiger charge is 2.56. The molecule has 2 saturated heterocycles. The SMILES string of the molecule is COc1c(C(F)F)nc(N2C[C@@H](O)[C@@H]2C)nc1N1CC2C(CC(=O)O)C2C1. The number of anilines is 2. The Kier molecular flexibility index (Phi) is 4.32. The molecule has 4 rings (SSSR count). The van der Waals surface area contributed by atoms with Crippen LogP contribution in [-0.2, 0) is 4.79 Å². The van der Waals surface area contributed by atoms with Crippen LogP contribution in [0.25, 0.3) is 0 Å². The second-order valence-electron chi connectivity index (χ2n) is 7.52. The number of halogens is 2. The van der Waals surface area contributed by atoms with E-state index in [4.69, 9.17) is 9.84 Å². The van der Waals surface area contributed by atoms with Crippen LogP contribution in [0.4, 0.5) is 20.5 Å². The minimum atomic E-state index is -2.82. The third-order valence-electron chi connectivity index (χ3n) is 6.04. The van der Waals surface area contributed by atoms with Gasteiger partial charge in [-0.05, 0) is 24.7 Å². The third kappa shape index (κ3) is 2.95. The molecule has 1 aliphatic carbocycles. The predicted octanol–water partition coefficient (Wildman–Crippen LogP) is 1.15. The van der Waals surface area contributed by atoms with E-state index < -0.39 is 24.2 Å². The van der Waals surface area contributed by atoms with Crippen molar-refractivity contribution in [3.8, 4) is 5.75 Å². The largest absolute Gasteiger partial charge is 0.491 e. The summed E-state index contributed by atoms with van der Waals surface area (Å²) in [5.74, 6) is 0.236. The molecule has 0 radical (unpaired) electrons. The Bertz CT molecular complexity index is 753. The Morgan fingerprint density at radius 2 is 1.96 bits per heavy atom. The Morgan fingerprint density at radius 3 is 2.44 bits per heavy atom. The lowest BCUT2D eigenvalue weighted by atomic mass is 10.0. The van der Waals surface area contributed by atoms with Crippen molar-refractivity contribution in [3.05, 3.63) is 5.69 Å². The van der Waals surface area contributed by atoms with E-state index in [-0.39, 0.29) is 41.9 Å². The van der Waals surface area contributed by atoms with Crippen molar-refractivity contribution in [2.45, 2.75) is 31.9 Å². The summed E-state index contributed by atoms with van der Waals surface area (Å²) in [6.45, 7) is 3.21. The number of aliphatic hydroxyl groups excluding tert-OH is 1. The normalized spacial score (nSPS) is 31.7. The molecule has 1 aromatic heterocycles. The van der Waals surface area contributed by atoms with Crippen molar-refractivity contribution in [1.29, 1.82) is 0 Å². The number of hydrogen-bond donors (Lipinski definition) is 2. The van der Waals surface area contributed by atoms with Crippen LogP contribution in [-0.4, -0.2) is 65.0 Å². The van der Waals surface area contributed by atoms with Crippen molar-refractivity contribution in [2.24, 2.45) is 17.8 Å². The Balaban J connectivity index is 1.62. The Morgan fingerprint density at radius 1 is 1.30 bits per heavy atom. The van der Waals surface area contributed by atoms with E-state index in [0.29, 0.717) is 25.5 Å². The highest BCUT2D eigenvalue weighted by Crippen LogP contribution is 2.55. The number of β-amino-alcohol motifs (C(OH)–C–C–N with tert-alkyl or cyclic N) is 1. The van der Waals surface area contributed by atoms with Gasteiger partial charge < -0.3 is 24.7 Å². The molecule has 2 N–H and O–H groups in total. The van der Waals surface area contributed by atoms with Crippen molar-refractivity contribution in [3.63, 3.8) is 0 Å². The van der Waals surface area contributed by atoms with Crippen LogP contribution in [0, 0.1) is 17.8 Å². The minimum Gasteiger partial charge on any atom is -0.491 e. The first kappa shape index (κ1) is 18.1. The number of aliphatic carboxylic acids is 1. The number of alkyl halides is 2. The van der Waals surface area contributed by atoms with Gasteiger partial charge in [-0.1, -0.05) is 0 Å². The molecule has 10 heteroatoms. The first-order valence-corrected chi connectivity index (χ1v) is 8.97. The fraction of sp³-hybridized carbons (Fsp3) is 0.706. The van der Waals surface area contributed by atoms with Crippen molar-refractivity contribution < 1.29 is 28.5 Å². The first-order chi connectivity index (χ1) is 12.8. The molecule has 0 aromatic carbocycles. The van der Waals surface area contributed by atoms with Gasteiger partial charge in [0.1, 0.15) is 0 Å². The van der Waals surface area contributed by atoms with Crippen molar-refractivity contribution in [2.75, 3.05) is 36.5 Å². The van der Waals surface area contributed by atoms with Crippen LogP contribution in [0.3, 0.4) is 0 Å². The van der Waals surface area contributed by atoms with Gasteiger partial charge in [0.2, 0.25) is 5.95 Å². The highest BCUT2D eigenvalue weighted by atomic mass is 19.3. The molecular formula is C17H22F2N4O4. The van der Waals surface area contributed by atoms with Crippen LogP contribution in [0.2, 0.25) is 0 Å². The topological polar surface area (TPSA) is 99.0 Å². The maximum atomic E-state index is 13.6. The first-order valence-electron chi connectivity index (χ1n) is 8.97. The second kappa shape index (κ2) is 6.43. The van der Waals surface area contributed by atoms with Gasteiger partial charge in [-0.15, -0.1) is 0 Å². The number of methoxy groups -OCH3 is 1. The third-order valence-corrected chi connectivity index (χ3v) is 6.04. The van der Waals surface area contributed by atoms with E-state index in [2.05, 4.69) is 9.97 Å². The smallest absolute Gasteiger partial charge is 0.303 e. The lowest BCUT2D eigenvalue weighted by molar-refractivity contribution is -0.137. The minimum absolute atomic E-state index is 0.0430. The van der Waals surface area contributed by atoms with Gasteiger partial charge in [0.05, 0.1) is 19.3 Å². The second-order valence-corrected chi connectivity index (χ2v) is 7.52. The maximum Gasteiger partial charge on any atom is 0.303 e. The molecule has 3 heterocycles. The summed E-state index contributed by atoms with van der Waals surface area (Å²) < 4.78 is 32.4. The van der Waals surface area contributed by atoms with E-state index in [0.717, 1.165) is 0 Å². The average molecular weight is 384 g/mol. The number of aromatic nitrogens is 2. The monoisotopic (exact) mass is 384 g/mol. The number of carbonyl (C=O) groups is 1. The number of aliphatic hydroxyl groups is 1. The molecule has 27 heavy (non-hydrogen) atoms. The van der Waals surface area contributed by atoms with Crippen LogP contribution >= 0.6 is 0 Å². The van der Waals surface area contributed by atoms with E-state index in [9.17, 15) is 18.7 Å². The quantitative estimate of drug-likeness (QED) is 0.754. The summed E-state index contributed by atoms with van der Waals surface area (Å²) in [5, 5.41) is 18.7. The van der Waals surface area contributed by atoms with E-state index in [1.165, 1.54) is 7.11 Å². The molecule has 0 spiro atoms. The van der Waals surface area contributed by atoms with Crippen LogP contribution in [0.5, 0.6) is 5.75 Å². The molecule has 148 valence electrons. The van der Waals surface area contributed by atoms with Crippen LogP contribution in [0.1, 0.15) is 25.5 Å². The van der Waals surface area contributed by atoms with Gasteiger partial charge >= 0.3 is 5.97 Å². The number of carboxylic acids is 1. The fourth-order valence-corrected chi connectivity index (χ4v) is 4.31. The molecule has 3 fully saturated rings. The van der Waals surface area contributed by atoms with Crippen LogP contribution in [0.15, 0.2) is 0 Å². The standard InChI is InChI=1S/C17H22F2N4O4/c1-7-11(24)6-23(7)17-20-13(15(18)19)14(27-2)16(21-17)22-4-9-8(3-12(25)26)10(9)5-22/h7-11,15,24H,3-6H2,1-2H3,(H,25,26)/t7-,8?,9?,10?,11+/m0/s1. The summed E-state index contributed by atoms with van der Waals surface area (Å²) in [5.41, 5.74) is -0.464. The van der Waals surface area contributed by atoms with E-state index in [1.807, 2.05) is 4.90 Å². The van der Waals surface area contributed by atoms with E-state index in [1.54, 1.807) is 11.8 Å². The number of rotatable bonds is 6. The molecule has 0 bridgehead atoms. The zero-order valence-corrected chi connectivity index (χ0v) is 15.0. The summed E-state index contributed by atoms with van der Waals surface area (Å²) in [7, 11) is 1.31. The number of piperidine rings is 1. The molecule has 8 nitrogen and oxygen atoms in total. The average Bonchev–Trinajstić information content (AvgIpc) is 3.06. The number of hydrogen-bond acceptors (Lipinski definition) is 7. The van der Waals surface area contributed by atoms with Gasteiger partial charge in [0, 0.05) is 26.1 Å². The Labute approximate surface area is 154 Å². The molecular weight excluding hydrogens is 362 g/mol. The predicted molar refractivity (Wildman–Crippen MR) is 91.3 cm³/mol. The van der Waals surface area contributed by atoms with Gasteiger partial charge in [-0.25, -0.2) is 13.8 Å². The number of fused-ring (bicyclic) bond motifs is 1. The summed E-state index contributed by atoms with van der Waals surface area (Å²) >= 11 is 0. The van der Waals surface area contributed by atoms with Gasteiger partial charge in [-0.2, -0.15) is 4.98 Å². The zero-order valence-electron chi connectivity index (χ0n) is 15.0. The summed E-state index contributed by atoms with van der Waals surface area (Å²) in [6.07, 6.45) is -3.22. The summed E-state index contributed by atoms with van der Waals surface area (Å²) in [4.78, 5) is 22.9. The number of nitrogens with zero attached hydrogens (tertiary/aromatic N) is 4. The lowest BCUT2D eigenvalue weighted by Crippen LogP contribution is -2.59. The molecule has 2 aliphatic heterocycles. The van der Waals surface area contributed by atoms with Gasteiger partial charge in [-0.3, -0.25) is 4.79 Å². The highest BCUT2D eigenvalue weighted by molar-refractivity contribution is 5.68. The molecule has 0 amide bonds. The molecule has 2 unspecified atom stereocenters. The molecule has 4 atom stereocenters. The van der Waals surface area contributed by atoms with Crippen molar-refractivity contribution >= 4 is 17.7 Å². The molecule has 1 aromatic rings. The fourth-order valence-electron chi connectivity index (χ4n) is 4.31. The maximum absolute atomic E-state index is 13.6. The van der Waals surface area contributed by atoms with Crippen LogP contribution < -0.4 is 14.5 Å². The summed E-state index contributed by atoms with van der Waals surface area (Å²) in [6, 6.07) is -0.247. The Hall–Kier alpha value is -2.23. The molecule has 1 saturated carbocycles.